The molecule has 3 aromatic carbocycles. The Morgan fingerprint density at radius 2 is 1.88 bits per heavy atom. The lowest BCUT2D eigenvalue weighted by atomic mass is 9.96. The molecule has 2 N–H and O–H groups in total. The van der Waals surface area contributed by atoms with E-state index in [1.165, 1.54) is 12.1 Å². The van der Waals surface area contributed by atoms with Crippen LogP contribution in [0.25, 0.3) is 17.4 Å². The van der Waals surface area contributed by atoms with Gasteiger partial charge in [0.15, 0.2) is 0 Å². The van der Waals surface area contributed by atoms with Crippen LogP contribution in [-0.4, -0.2) is 32.9 Å². The SMILES string of the molecule is O=C1NC2(Oc3ccc(Br)cc3C3CC(c4ccccc4)=NN32)C(=Cc2ccc(-c3ccc(C(=O)O)cc3)o2)S1. The highest BCUT2D eigenvalue weighted by molar-refractivity contribution is 9.10. The van der Waals surface area contributed by atoms with Crippen LogP contribution in [0.4, 0.5) is 4.79 Å². The maximum atomic E-state index is 12.9. The molecular weight excluding hydrogens is 594 g/mol. The fourth-order valence-corrected chi connectivity index (χ4v) is 6.45. The number of hydrazone groups is 1. The van der Waals surface area contributed by atoms with Crippen molar-refractivity contribution < 1.29 is 23.8 Å². The first-order valence-electron chi connectivity index (χ1n) is 12.5. The largest absolute Gasteiger partial charge is 0.478 e. The monoisotopic (exact) mass is 613 g/mol. The van der Waals surface area contributed by atoms with Crippen LogP contribution in [0.1, 0.15) is 39.7 Å². The third-order valence-electron chi connectivity index (χ3n) is 7.05. The summed E-state index contributed by atoms with van der Waals surface area (Å²) in [4.78, 5) is 24.7. The predicted molar refractivity (Wildman–Crippen MR) is 155 cm³/mol. The average molecular weight is 614 g/mol. The first kappa shape index (κ1) is 24.7. The zero-order chi connectivity index (χ0) is 27.4. The Hall–Kier alpha value is -4.28. The molecule has 40 heavy (non-hydrogen) atoms. The fraction of sp³-hybridized carbons (Fsp3) is 0.100. The van der Waals surface area contributed by atoms with Gasteiger partial charge in [-0.3, -0.25) is 10.1 Å². The quantitative estimate of drug-likeness (QED) is 0.253. The first-order chi connectivity index (χ1) is 19.4. The summed E-state index contributed by atoms with van der Waals surface area (Å²) in [7, 11) is 0. The molecular formula is C30H20BrN3O5S. The van der Waals surface area contributed by atoms with Gasteiger partial charge < -0.3 is 14.3 Å². The van der Waals surface area contributed by atoms with Gasteiger partial charge >= 0.3 is 11.8 Å². The third kappa shape index (κ3) is 4.11. The van der Waals surface area contributed by atoms with Crippen LogP contribution in [-0.2, 0) is 0 Å². The van der Waals surface area contributed by atoms with E-state index in [9.17, 15) is 14.7 Å². The van der Waals surface area contributed by atoms with E-state index in [4.69, 9.17) is 14.3 Å². The van der Waals surface area contributed by atoms with E-state index >= 15 is 0 Å². The molecule has 3 aliphatic rings. The van der Waals surface area contributed by atoms with Crippen molar-refractivity contribution in [1.29, 1.82) is 0 Å². The number of halogens is 1. The Bertz CT molecular complexity index is 1730. The van der Waals surface area contributed by atoms with Crippen molar-refractivity contribution in [3.8, 4) is 17.1 Å². The van der Waals surface area contributed by atoms with Crippen LogP contribution >= 0.6 is 27.7 Å². The number of furan rings is 1. The number of amides is 1. The summed E-state index contributed by atoms with van der Waals surface area (Å²) in [5, 5.41) is 18.8. The molecule has 10 heteroatoms. The Morgan fingerprint density at radius 1 is 1.07 bits per heavy atom. The molecule has 1 fully saturated rings. The minimum atomic E-state index is -1.35. The van der Waals surface area contributed by atoms with Crippen LogP contribution in [0.5, 0.6) is 5.75 Å². The maximum Gasteiger partial charge on any atom is 0.335 e. The van der Waals surface area contributed by atoms with Crippen molar-refractivity contribution in [1.82, 2.24) is 10.3 Å². The highest BCUT2D eigenvalue weighted by atomic mass is 79.9. The van der Waals surface area contributed by atoms with Crippen molar-refractivity contribution in [2.75, 3.05) is 0 Å². The van der Waals surface area contributed by atoms with E-state index in [0.29, 0.717) is 28.6 Å². The number of ether oxygens (including phenoxy) is 1. The molecule has 2 atom stereocenters. The van der Waals surface area contributed by atoms with Crippen molar-refractivity contribution in [3.63, 3.8) is 0 Å². The van der Waals surface area contributed by atoms with E-state index in [2.05, 4.69) is 21.2 Å². The van der Waals surface area contributed by atoms with Gasteiger partial charge in [-0.1, -0.05) is 58.4 Å². The van der Waals surface area contributed by atoms with Crippen LogP contribution in [0.15, 0.2) is 104 Å². The van der Waals surface area contributed by atoms with Gasteiger partial charge in [0.1, 0.15) is 17.3 Å². The van der Waals surface area contributed by atoms with Crippen molar-refractivity contribution >= 4 is 50.7 Å². The van der Waals surface area contributed by atoms with E-state index in [0.717, 1.165) is 38.6 Å². The minimum absolute atomic E-state index is 0.168. The summed E-state index contributed by atoms with van der Waals surface area (Å²) in [6, 6.07) is 25.7. The molecule has 1 aromatic heterocycles. The lowest BCUT2D eigenvalue weighted by molar-refractivity contribution is -0.0949. The van der Waals surface area contributed by atoms with Crippen molar-refractivity contribution in [3.05, 3.63) is 117 Å². The van der Waals surface area contributed by atoms with E-state index in [1.54, 1.807) is 24.3 Å². The topological polar surface area (TPSA) is 104 Å². The summed E-state index contributed by atoms with van der Waals surface area (Å²) >= 11 is 4.62. The predicted octanol–water partition coefficient (Wildman–Crippen LogP) is 7.10. The van der Waals surface area contributed by atoms with Gasteiger partial charge in [0.2, 0.25) is 0 Å². The van der Waals surface area contributed by atoms with E-state index < -0.39 is 11.8 Å². The molecule has 0 bridgehead atoms. The Kier molecular flexibility index (Phi) is 5.83. The highest BCUT2D eigenvalue weighted by Crippen LogP contribution is 2.53. The third-order valence-corrected chi connectivity index (χ3v) is 8.45. The number of carbonyl (C=O) groups excluding carboxylic acids is 1. The zero-order valence-electron chi connectivity index (χ0n) is 20.7. The number of benzene rings is 3. The number of carboxylic acids is 1. The fourth-order valence-electron chi connectivity index (χ4n) is 5.19. The number of carbonyl (C=O) groups is 2. The lowest BCUT2D eigenvalue weighted by Gasteiger charge is -2.45. The summed E-state index contributed by atoms with van der Waals surface area (Å²) in [6.45, 7) is 0. The number of hydrogen-bond acceptors (Lipinski definition) is 7. The van der Waals surface area contributed by atoms with Crippen molar-refractivity contribution in [2.45, 2.75) is 18.3 Å². The van der Waals surface area contributed by atoms with Crippen LogP contribution in [0.3, 0.4) is 0 Å². The molecule has 0 saturated carbocycles. The number of fused-ring (bicyclic) bond motifs is 4. The molecule has 2 unspecified atom stereocenters. The number of aromatic carboxylic acids is 1. The van der Waals surface area contributed by atoms with Crippen molar-refractivity contribution in [2.24, 2.45) is 5.10 Å². The second kappa shape index (κ2) is 9.42. The molecule has 8 nitrogen and oxygen atoms in total. The lowest BCUT2D eigenvalue weighted by Crippen LogP contribution is -2.61. The molecule has 4 aromatic rings. The number of rotatable bonds is 4. The summed E-state index contributed by atoms with van der Waals surface area (Å²) < 4.78 is 13.6. The highest BCUT2D eigenvalue weighted by Gasteiger charge is 2.58. The number of thioether (sulfide) groups is 1. The maximum absolute atomic E-state index is 12.9. The smallest absolute Gasteiger partial charge is 0.335 e. The second-order valence-electron chi connectivity index (χ2n) is 9.51. The molecule has 3 aliphatic heterocycles. The zero-order valence-corrected chi connectivity index (χ0v) is 23.1. The molecule has 1 spiro atoms. The molecule has 1 amide bonds. The van der Waals surface area contributed by atoms with Crippen LogP contribution in [0, 0.1) is 0 Å². The van der Waals surface area contributed by atoms with Gasteiger partial charge in [0.05, 0.1) is 22.2 Å². The number of carboxylic acid groups (broad SMARTS) is 1. The Labute approximate surface area is 241 Å². The molecule has 0 aliphatic carbocycles. The van der Waals surface area contributed by atoms with E-state index in [-0.39, 0.29) is 16.8 Å². The molecule has 0 radical (unpaired) electrons. The van der Waals surface area contributed by atoms with Gasteiger partial charge in [0.25, 0.3) is 5.24 Å². The Balaban J connectivity index is 1.30. The molecule has 4 heterocycles. The standard InChI is InChI=1S/C30H20BrN3O5S/c31-20-10-12-26-22(14-20)24-16-23(17-4-2-1-3-5-17)33-34(24)30(39-26)27(40-29(37)32-30)15-21-11-13-25(38-21)18-6-8-19(9-7-18)28(35)36/h1-15,24H,16H2,(H,32,37)(H,35,36). The van der Waals surface area contributed by atoms with Gasteiger partial charge in [-0.2, -0.15) is 5.10 Å². The summed E-state index contributed by atoms with van der Waals surface area (Å²) in [6.07, 6.45) is 2.43. The summed E-state index contributed by atoms with van der Waals surface area (Å²) in [5.74, 6) is -0.578. The van der Waals surface area contributed by atoms with Gasteiger partial charge in [-0.05, 0) is 65.9 Å². The number of nitrogens with zero attached hydrogens (tertiary/aromatic N) is 2. The van der Waals surface area contributed by atoms with Crippen LogP contribution in [0.2, 0.25) is 0 Å². The Morgan fingerprint density at radius 3 is 2.65 bits per heavy atom. The number of hydrogen-bond donors (Lipinski definition) is 2. The molecule has 1 saturated heterocycles. The normalized spacial score (nSPS) is 22.1. The van der Waals surface area contributed by atoms with Gasteiger partial charge in [-0.25, -0.2) is 9.80 Å². The van der Waals surface area contributed by atoms with Crippen LogP contribution < -0.4 is 10.1 Å². The molecule has 198 valence electrons. The molecule has 7 rings (SSSR count). The minimum Gasteiger partial charge on any atom is -0.478 e. The van der Waals surface area contributed by atoms with Gasteiger partial charge in [0, 0.05) is 22.0 Å². The van der Waals surface area contributed by atoms with Gasteiger partial charge in [-0.15, -0.1) is 0 Å². The average Bonchev–Trinajstić information content (AvgIpc) is 3.69. The first-order valence-corrected chi connectivity index (χ1v) is 14.1. The second-order valence-corrected chi connectivity index (χ2v) is 11.4. The van der Waals surface area contributed by atoms with E-state index in [1.807, 2.05) is 59.6 Å². The number of nitrogens with one attached hydrogen (secondary N) is 1. The summed E-state index contributed by atoms with van der Waals surface area (Å²) in [5.41, 5.74) is 3.82.